The highest BCUT2D eigenvalue weighted by atomic mass is 32.1. The van der Waals surface area contributed by atoms with E-state index in [9.17, 15) is 4.79 Å². The van der Waals surface area contributed by atoms with Crippen molar-refractivity contribution in [3.05, 3.63) is 15.6 Å². The third kappa shape index (κ3) is 2.10. The fraction of sp³-hybridized carbons (Fsp3) is 0.556. The molecule has 5 heteroatoms. The summed E-state index contributed by atoms with van der Waals surface area (Å²) >= 11 is 1.42. The van der Waals surface area contributed by atoms with E-state index < -0.39 is 0 Å². The highest BCUT2D eigenvalue weighted by molar-refractivity contribution is 7.13. The summed E-state index contributed by atoms with van der Waals surface area (Å²) in [7, 11) is 0. The molecule has 1 amide bonds. The second kappa shape index (κ2) is 4.52. The first-order valence-electron chi connectivity index (χ1n) is 4.60. The van der Waals surface area contributed by atoms with Crippen LogP contribution in [-0.4, -0.2) is 10.9 Å². The maximum absolute atomic E-state index is 11.4. The van der Waals surface area contributed by atoms with Crippen LogP contribution in [0.5, 0.6) is 0 Å². The molecular weight excluding hydrogens is 198 g/mol. The van der Waals surface area contributed by atoms with E-state index in [1.807, 2.05) is 20.8 Å². The zero-order valence-corrected chi connectivity index (χ0v) is 9.44. The molecule has 0 aliphatic carbocycles. The minimum absolute atomic E-state index is 0.245. The largest absolute Gasteiger partial charge is 0.289 e. The number of amides is 1. The molecule has 0 saturated heterocycles. The molecule has 1 rings (SSSR count). The molecule has 1 heterocycles. The number of aromatic nitrogens is 1. The molecule has 1 aromatic heterocycles. The zero-order chi connectivity index (χ0) is 10.7. The van der Waals surface area contributed by atoms with Crippen LogP contribution >= 0.6 is 11.3 Å². The summed E-state index contributed by atoms with van der Waals surface area (Å²) in [6.45, 7) is 6.05. The predicted molar refractivity (Wildman–Crippen MR) is 57.2 cm³/mol. The Hall–Kier alpha value is -0.940. The minimum Gasteiger partial charge on any atom is -0.289 e. The van der Waals surface area contributed by atoms with Gasteiger partial charge < -0.3 is 0 Å². The van der Waals surface area contributed by atoms with Crippen LogP contribution in [0.25, 0.3) is 0 Å². The van der Waals surface area contributed by atoms with Crippen molar-refractivity contribution in [1.82, 2.24) is 10.4 Å². The Morgan fingerprint density at radius 2 is 2.29 bits per heavy atom. The summed E-state index contributed by atoms with van der Waals surface area (Å²) < 4.78 is 0. The van der Waals surface area contributed by atoms with E-state index in [1.165, 1.54) is 11.3 Å². The summed E-state index contributed by atoms with van der Waals surface area (Å²) in [5, 5.41) is 0.979. The number of hydrazine groups is 1. The van der Waals surface area contributed by atoms with E-state index in [0.29, 0.717) is 4.88 Å². The van der Waals surface area contributed by atoms with Gasteiger partial charge in [-0.1, -0.05) is 20.8 Å². The number of nitrogen functional groups attached to an aromatic ring is 1. The Balaban J connectivity index is 3.12. The molecule has 0 fully saturated rings. The van der Waals surface area contributed by atoms with Gasteiger partial charge in [0.1, 0.15) is 4.88 Å². The zero-order valence-electron chi connectivity index (χ0n) is 8.63. The first-order chi connectivity index (χ1) is 6.60. The van der Waals surface area contributed by atoms with Crippen LogP contribution < -0.4 is 11.3 Å². The van der Waals surface area contributed by atoms with Crippen molar-refractivity contribution in [1.29, 1.82) is 0 Å². The van der Waals surface area contributed by atoms with E-state index in [-0.39, 0.29) is 11.8 Å². The van der Waals surface area contributed by atoms with Crippen LogP contribution in [0.15, 0.2) is 0 Å². The monoisotopic (exact) mass is 213 g/mol. The number of rotatable bonds is 3. The Morgan fingerprint density at radius 3 is 2.71 bits per heavy atom. The Labute approximate surface area is 87.5 Å². The van der Waals surface area contributed by atoms with Gasteiger partial charge in [-0.2, -0.15) is 0 Å². The first-order valence-corrected chi connectivity index (χ1v) is 5.42. The van der Waals surface area contributed by atoms with Gasteiger partial charge in [0.15, 0.2) is 0 Å². The number of thiazole rings is 1. The van der Waals surface area contributed by atoms with Crippen molar-refractivity contribution in [2.75, 3.05) is 0 Å². The summed E-state index contributed by atoms with van der Waals surface area (Å²) in [4.78, 5) is 16.4. The molecule has 0 aliphatic heterocycles. The number of hydrogen-bond donors (Lipinski definition) is 2. The summed E-state index contributed by atoms with van der Waals surface area (Å²) in [6.07, 6.45) is 0.849. The lowest BCUT2D eigenvalue weighted by molar-refractivity contribution is 0.0956. The number of nitrogens with one attached hydrogen (secondary N) is 1. The van der Waals surface area contributed by atoms with Crippen LogP contribution in [0.4, 0.5) is 0 Å². The number of nitrogens with two attached hydrogens (primary N) is 1. The molecule has 78 valence electrons. The SMILES string of the molecule is CCc1nc(C(C)C)c(C(=O)NN)s1. The van der Waals surface area contributed by atoms with E-state index >= 15 is 0 Å². The number of carbonyl (C=O) groups excluding carboxylic acids is 1. The normalized spacial score (nSPS) is 10.6. The summed E-state index contributed by atoms with van der Waals surface area (Å²) in [5.74, 6) is 5.11. The molecule has 1 aromatic rings. The third-order valence-electron chi connectivity index (χ3n) is 1.88. The van der Waals surface area contributed by atoms with Crippen LogP contribution in [0.1, 0.15) is 47.1 Å². The maximum atomic E-state index is 11.4. The second-order valence-corrected chi connectivity index (χ2v) is 4.39. The molecule has 0 spiro atoms. The van der Waals surface area contributed by atoms with Gasteiger partial charge in [0.2, 0.25) is 0 Å². The predicted octanol–water partition coefficient (Wildman–Crippen LogP) is 1.43. The fourth-order valence-electron chi connectivity index (χ4n) is 1.15. The van der Waals surface area contributed by atoms with Crippen molar-refractivity contribution in [3.63, 3.8) is 0 Å². The lowest BCUT2D eigenvalue weighted by Crippen LogP contribution is -2.30. The summed E-state index contributed by atoms with van der Waals surface area (Å²) in [5.41, 5.74) is 2.99. The van der Waals surface area contributed by atoms with Gasteiger partial charge in [0.25, 0.3) is 5.91 Å². The first kappa shape index (κ1) is 11.1. The Morgan fingerprint density at radius 1 is 1.64 bits per heavy atom. The van der Waals surface area contributed by atoms with Gasteiger partial charge in [-0.25, -0.2) is 10.8 Å². The molecule has 0 atom stereocenters. The number of carbonyl (C=O) groups is 1. The topological polar surface area (TPSA) is 68.0 Å². The smallest absolute Gasteiger partial charge is 0.277 e. The van der Waals surface area contributed by atoms with Crippen LogP contribution in [0.2, 0.25) is 0 Å². The fourth-order valence-corrected chi connectivity index (χ4v) is 2.21. The maximum Gasteiger partial charge on any atom is 0.277 e. The Kier molecular flexibility index (Phi) is 3.60. The number of aryl methyl sites for hydroxylation is 1. The minimum atomic E-state index is -0.245. The van der Waals surface area contributed by atoms with Crippen molar-refractivity contribution >= 4 is 17.2 Å². The lowest BCUT2D eigenvalue weighted by atomic mass is 10.1. The van der Waals surface area contributed by atoms with E-state index in [0.717, 1.165) is 17.1 Å². The van der Waals surface area contributed by atoms with E-state index in [1.54, 1.807) is 0 Å². The third-order valence-corrected chi connectivity index (χ3v) is 3.10. The van der Waals surface area contributed by atoms with Gasteiger partial charge in [-0.3, -0.25) is 10.2 Å². The van der Waals surface area contributed by atoms with E-state index in [4.69, 9.17) is 5.84 Å². The molecule has 0 radical (unpaired) electrons. The van der Waals surface area contributed by atoms with Gasteiger partial charge in [0.05, 0.1) is 10.7 Å². The Bertz CT molecular complexity index is 333. The highest BCUT2D eigenvalue weighted by Crippen LogP contribution is 2.25. The standard InChI is InChI=1S/C9H15N3OS/c1-4-6-11-7(5(2)3)8(14-6)9(13)12-10/h5H,4,10H2,1-3H3,(H,12,13). The van der Waals surface area contributed by atoms with E-state index in [2.05, 4.69) is 10.4 Å². The van der Waals surface area contributed by atoms with Crippen LogP contribution in [0, 0.1) is 0 Å². The van der Waals surface area contributed by atoms with Crippen LogP contribution in [0.3, 0.4) is 0 Å². The molecule has 0 aromatic carbocycles. The molecule has 0 aliphatic rings. The van der Waals surface area contributed by atoms with Gasteiger partial charge >= 0.3 is 0 Å². The molecule has 4 nitrogen and oxygen atoms in total. The molecule has 0 unspecified atom stereocenters. The van der Waals surface area contributed by atoms with Gasteiger partial charge in [-0.15, -0.1) is 11.3 Å². The van der Waals surface area contributed by atoms with Crippen molar-refractivity contribution in [3.8, 4) is 0 Å². The average molecular weight is 213 g/mol. The molecule has 0 bridgehead atoms. The van der Waals surface area contributed by atoms with Gasteiger partial charge in [0, 0.05) is 0 Å². The van der Waals surface area contributed by atoms with Crippen molar-refractivity contribution in [2.45, 2.75) is 33.1 Å². The van der Waals surface area contributed by atoms with Crippen LogP contribution in [-0.2, 0) is 6.42 Å². The number of nitrogens with zero attached hydrogens (tertiary/aromatic N) is 1. The molecule has 3 N–H and O–H groups in total. The molecule has 0 saturated carbocycles. The lowest BCUT2D eigenvalue weighted by Gasteiger charge is -2.02. The summed E-state index contributed by atoms with van der Waals surface area (Å²) in [6, 6.07) is 0. The quantitative estimate of drug-likeness (QED) is 0.453. The average Bonchev–Trinajstić information content (AvgIpc) is 2.60. The highest BCUT2D eigenvalue weighted by Gasteiger charge is 2.18. The van der Waals surface area contributed by atoms with Crippen molar-refractivity contribution in [2.24, 2.45) is 5.84 Å². The second-order valence-electron chi connectivity index (χ2n) is 3.30. The molecule has 14 heavy (non-hydrogen) atoms. The van der Waals surface area contributed by atoms with Crippen molar-refractivity contribution < 1.29 is 4.79 Å². The van der Waals surface area contributed by atoms with Gasteiger partial charge in [-0.05, 0) is 12.3 Å². The molecular formula is C9H15N3OS. The number of hydrogen-bond acceptors (Lipinski definition) is 4.